The van der Waals surface area contributed by atoms with E-state index in [4.69, 9.17) is 29.2 Å². The zero-order valence-electron chi connectivity index (χ0n) is 14.8. The van der Waals surface area contributed by atoms with Gasteiger partial charge in [-0.3, -0.25) is 0 Å². The van der Waals surface area contributed by atoms with Crippen LogP contribution in [-0.4, -0.2) is 43.4 Å². The number of halogens is 3. The molecule has 0 saturated carbocycles. The van der Waals surface area contributed by atoms with Crippen LogP contribution in [-0.2, 0) is 0 Å². The number of ether oxygens (including phenoxy) is 4. The Morgan fingerprint density at radius 2 is 1.40 bits per heavy atom. The van der Waals surface area contributed by atoms with Crippen LogP contribution in [0.5, 0.6) is 23.0 Å². The standard InChI is InChI=1S/C8H5BrO4.C8H6O4.BHNS.I2/c9-5-2-7-6(12-3-13-7)1-4(5)8(10)11;9-8(10)5-1-2-6-7(3-5)12-4-11-6;1-2-3;1-2/h1-2H,3H2,(H,10,11);1-3H,4H2,(H,9,10);3H;. The van der Waals surface area contributed by atoms with Crippen molar-refractivity contribution in [2.45, 2.75) is 0 Å². The Kier molecular flexibility index (Phi) is 12.4. The Morgan fingerprint density at radius 3 is 1.90 bits per heavy atom. The molecule has 0 aliphatic carbocycles. The van der Waals surface area contributed by atoms with Gasteiger partial charge in [-0.25, -0.2) is 9.59 Å². The first kappa shape index (κ1) is 26.8. The Morgan fingerprint density at radius 1 is 0.933 bits per heavy atom. The van der Waals surface area contributed by atoms with Gasteiger partial charge in [0.05, 0.1) is 11.1 Å². The van der Waals surface area contributed by atoms with E-state index >= 15 is 0 Å². The minimum absolute atomic E-state index is 0.144. The Labute approximate surface area is 209 Å². The van der Waals surface area contributed by atoms with E-state index in [9.17, 15) is 9.59 Å². The van der Waals surface area contributed by atoms with E-state index in [-0.39, 0.29) is 24.7 Å². The first-order valence-corrected chi connectivity index (χ1v) is 15.0. The van der Waals surface area contributed by atoms with Gasteiger partial charge in [-0.2, -0.15) is 0 Å². The number of nitrogens with zero attached hydrogens (tertiary/aromatic N) is 1. The molecule has 2 aliphatic rings. The SMILES string of the molecule is II.O=C(O)c1cc2c(cc1Br)OCO2.O=C(O)c1ccc2c(c1)OCO2.[B]=NS. The molecule has 2 aromatic carbocycles. The van der Waals surface area contributed by atoms with Crippen molar-refractivity contribution < 1.29 is 38.7 Å². The van der Waals surface area contributed by atoms with Crippen molar-refractivity contribution in [3.8, 4) is 23.0 Å². The first-order chi connectivity index (χ1) is 14.4. The van der Waals surface area contributed by atoms with Gasteiger partial charge in [0.2, 0.25) is 13.6 Å². The number of carbonyl (C=O) groups is 2. The van der Waals surface area contributed by atoms with E-state index in [1.165, 1.54) is 18.2 Å². The van der Waals surface area contributed by atoms with Gasteiger partial charge in [0.25, 0.3) is 0 Å². The predicted molar refractivity (Wildman–Crippen MR) is 132 cm³/mol. The fourth-order valence-corrected chi connectivity index (χ4v) is 2.60. The molecule has 0 amide bonds. The maximum atomic E-state index is 10.7. The van der Waals surface area contributed by atoms with Crippen LogP contribution in [0.4, 0.5) is 0 Å². The van der Waals surface area contributed by atoms with Gasteiger partial charge in [-0.05, 0) is 46.3 Å². The van der Waals surface area contributed by atoms with Crippen LogP contribution in [0.15, 0.2) is 39.1 Å². The minimum atomic E-state index is -0.995. The third-order valence-electron chi connectivity index (χ3n) is 3.31. The summed E-state index contributed by atoms with van der Waals surface area (Å²) in [6.45, 7) is 0.309. The van der Waals surface area contributed by atoms with Crippen molar-refractivity contribution in [3.63, 3.8) is 0 Å². The summed E-state index contributed by atoms with van der Waals surface area (Å²) in [6, 6.07) is 7.55. The van der Waals surface area contributed by atoms with Crippen LogP contribution in [0, 0.1) is 0 Å². The van der Waals surface area contributed by atoms with Gasteiger partial charge in [0, 0.05) is 41.7 Å². The number of carboxylic acids is 2. The third-order valence-corrected chi connectivity index (χ3v) is 3.97. The molecular weight excluding hydrogens is 711 g/mol. The van der Waals surface area contributed by atoms with Crippen molar-refractivity contribution in [2.24, 2.45) is 4.30 Å². The summed E-state index contributed by atoms with van der Waals surface area (Å²) in [5, 5.41) is 17.4. The Bertz CT molecular complexity index is 921. The number of rotatable bonds is 2. The summed E-state index contributed by atoms with van der Waals surface area (Å²) in [7, 11) is 4.34. The summed E-state index contributed by atoms with van der Waals surface area (Å²) < 4.78 is 23.3. The quantitative estimate of drug-likeness (QED) is 0.226. The van der Waals surface area contributed by atoms with Crippen LogP contribution in [0.3, 0.4) is 0 Å². The van der Waals surface area contributed by atoms with Crippen molar-refractivity contribution >= 4 is 85.6 Å². The fourth-order valence-electron chi connectivity index (χ4n) is 2.11. The van der Waals surface area contributed by atoms with Crippen LogP contribution in [0.1, 0.15) is 20.7 Å². The molecule has 30 heavy (non-hydrogen) atoms. The fraction of sp³-hybridized carbons (Fsp3) is 0.125. The van der Waals surface area contributed by atoms with Crippen molar-refractivity contribution in [1.29, 1.82) is 0 Å². The van der Waals surface area contributed by atoms with Gasteiger partial charge < -0.3 is 29.2 Å². The van der Waals surface area contributed by atoms with Gasteiger partial charge in [-0.1, -0.05) is 0 Å². The number of carboxylic acid groups (broad SMARTS) is 2. The third kappa shape index (κ3) is 7.77. The van der Waals surface area contributed by atoms with Crippen LogP contribution < -0.4 is 18.9 Å². The maximum absolute atomic E-state index is 10.7. The molecule has 0 fully saturated rings. The Balaban J connectivity index is 0.000000248. The molecule has 159 valence electrons. The topological polar surface area (TPSA) is 124 Å². The van der Waals surface area contributed by atoms with Gasteiger partial charge in [-0.15, -0.1) is 0 Å². The second-order valence-electron chi connectivity index (χ2n) is 4.98. The molecule has 2 aromatic rings. The molecule has 0 atom stereocenters. The zero-order valence-corrected chi connectivity index (χ0v) is 21.5. The molecule has 14 heteroatoms. The first-order valence-electron chi connectivity index (χ1n) is 7.51. The van der Waals surface area contributed by atoms with E-state index in [2.05, 4.69) is 77.9 Å². The van der Waals surface area contributed by atoms with Gasteiger partial charge >= 0.3 is 36.7 Å². The van der Waals surface area contributed by atoms with E-state index < -0.39 is 11.9 Å². The normalized spacial score (nSPS) is 11.4. The van der Waals surface area contributed by atoms with Crippen molar-refractivity contribution in [1.82, 2.24) is 0 Å². The monoisotopic (exact) mass is 722 g/mol. The second-order valence-corrected chi connectivity index (χ2v) is 6.06. The van der Waals surface area contributed by atoms with Gasteiger partial charge in [0.15, 0.2) is 23.0 Å². The Hall–Kier alpha value is -1.27. The molecule has 0 unspecified atom stereocenters. The molecule has 2 aliphatic heterocycles. The number of benzene rings is 2. The molecule has 2 heterocycles. The molecule has 0 aromatic heterocycles. The number of hydrogen-bond acceptors (Lipinski definition) is 8. The van der Waals surface area contributed by atoms with Crippen LogP contribution in [0.2, 0.25) is 0 Å². The molecule has 9 nitrogen and oxygen atoms in total. The summed E-state index contributed by atoms with van der Waals surface area (Å²) in [5.41, 5.74) is 0.378. The van der Waals surface area contributed by atoms with E-state index in [1.54, 1.807) is 12.1 Å². The zero-order chi connectivity index (χ0) is 22.7. The van der Waals surface area contributed by atoms with Crippen molar-refractivity contribution in [2.75, 3.05) is 13.6 Å². The number of thiol groups is 1. The van der Waals surface area contributed by atoms with E-state index in [1.807, 2.05) is 0 Å². The number of hydrogen-bond donors (Lipinski definition) is 3. The van der Waals surface area contributed by atoms with E-state index in [0.29, 0.717) is 27.5 Å². The molecule has 2 N–H and O–H groups in total. The molecule has 0 spiro atoms. The van der Waals surface area contributed by atoms with Crippen molar-refractivity contribution in [3.05, 3.63) is 45.9 Å². The predicted octanol–water partition coefficient (Wildman–Crippen LogP) is 4.94. The summed E-state index contributed by atoms with van der Waals surface area (Å²) in [4.78, 5) is 21.2. The summed E-state index contributed by atoms with van der Waals surface area (Å²) in [6.07, 6.45) is 0. The number of aromatic carboxylic acids is 2. The average molecular weight is 723 g/mol. The summed E-state index contributed by atoms with van der Waals surface area (Å²) >= 11 is 10.6. The summed E-state index contributed by atoms with van der Waals surface area (Å²) in [5.74, 6) is 0.172. The van der Waals surface area contributed by atoms with Crippen LogP contribution in [0.25, 0.3) is 0 Å². The molecule has 4 rings (SSSR count). The molecule has 1 radical (unpaired) electrons. The molecule has 0 saturated heterocycles. The average Bonchev–Trinajstić information content (AvgIpc) is 3.37. The molecule has 0 bridgehead atoms. The van der Waals surface area contributed by atoms with Crippen LogP contribution >= 0.6 is 66.0 Å². The van der Waals surface area contributed by atoms with Gasteiger partial charge in [0.1, 0.15) is 0 Å². The van der Waals surface area contributed by atoms with E-state index in [0.717, 1.165) is 0 Å². The molecular formula is C16H12BBrI2NO8S. The second kappa shape index (κ2) is 13.9. The number of fused-ring (bicyclic) bond motifs is 2.